The van der Waals surface area contributed by atoms with E-state index in [1.807, 2.05) is 19.2 Å². The van der Waals surface area contributed by atoms with Crippen molar-refractivity contribution in [2.45, 2.75) is 33.6 Å². The summed E-state index contributed by atoms with van der Waals surface area (Å²) in [6, 6.07) is 0. The second-order valence-corrected chi connectivity index (χ2v) is 5.12. The van der Waals surface area contributed by atoms with Gasteiger partial charge in [0.25, 0.3) is 0 Å². The Balaban J connectivity index is 2.83. The molecule has 0 aromatic carbocycles. The summed E-state index contributed by atoms with van der Waals surface area (Å²) in [5.74, 6) is 0.929. The van der Waals surface area contributed by atoms with Crippen molar-refractivity contribution in [3.8, 4) is 0 Å². The topological polar surface area (TPSA) is 21.3 Å². The lowest BCUT2D eigenvalue weighted by molar-refractivity contribution is 0.241. The summed E-state index contributed by atoms with van der Waals surface area (Å²) < 4.78 is 6.62. The molecular weight excluding hydrogens is 302 g/mol. The van der Waals surface area contributed by atoms with E-state index in [-0.39, 0.29) is 0 Å². The Hall–Kier alpha value is -1.22. The quantitative estimate of drug-likeness (QED) is 0.552. The molecule has 1 N–H and O–H groups in total. The third-order valence-electron chi connectivity index (χ3n) is 2.80. The molecule has 1 aliphatic rings. The SMILES string of the molecule is C=C1NC=C(/C=C\C(=C\CCC)OCC)C(C)=C1Br. The van der Waals surface area contributed by atoms with E-state index < -0.39 is 0 Å². The van der Waals surface area contributed by atoms with Crippen LogP contribution in [-0.4, -0.2) is 6.61 Å². The summed E-state index contributed by atoms with van der Waals surface area (Å²) in [4.78, 5) is 0. The van der Waals surface area contributed by atoms with Gasteiger partial charge in [-0.25, -0.2) is 0 Å². The maximum atomic E-state index is 5.60. The summed E-state index contributed by atoms with van der Waals surface area (Å²) in [6.45, 7) is 10.8. The van der Waals surface area contributed by atoms with Gasteiger partial charge >= 0.3 is 0 Å². The second kappa shape index (κ2) is 8.05. The van der Waals surface area contributed by atoms with Crippen molar-refractivity contribution in [3.63, 3.8) is 0 Å². The van der Waals surface area contributed by atoms with Gasteiger partial charge in [-0.05, 0) is 65.6 Å². The highest BCUT2D eigenvalue weighted by Gasteiger charge is 2.10. The zero-order chi connectivity index (χ0) is 14.3. The molecule has 0 amide bonds. The number of ether oxygens (including phenoxy) is 1. The van der Waals surface area contributed by atoms with Gasteiger partial charge in [-0.3, -0.25) is 0 Å². The molecule has 0 saturated heterocycles. The zero-order valence-corrected chi connectivity index (χ0v) is 13.5. The lowest BCUT2D eigenvalue weighted by Gasteiger charge is -2.16. The van der Waals surface area contributed by atoms with Crippen molar-refractivity contribution in [1.29, 1.82) is 0 Å². The summed E-state index contributed by atoms with van der Waals surface area (Å²) in [5.41, 5.74) is 3.19. The molecule has 1 rings (SSSR count). The van der Waals surface area contributed by atoms with Crippen molar-refractivity contribution in [2.75, 3.05) is 6.61 Å². The van der Waals surface area contributed by atoms with Gasteiger partial charge in [0, 0.05) is 16.4 Å². The molecule has 0 radical (unpaired) electrons. The van der Waals surface area contributed by atoms with Crippen LogP contribution in [0.1, 0.15) is 33.6 Å². The number of rotatable bonds is 6. The fourth-order valence-corrected chi connectivity index (χ4v) is 2.01. The zero-order valence-electron chi connectivity index (χ0n) is 11.9. The number of hydrogen-bond donors (Lipinski definition) is 1. The summed E-state index contributed by atoms with van der Waals surface area (Å²) in [6.07, 6.45) is 10.3. The molecule has 1 aliphatic heterocycles. The normalized spacial score (nSPS) is 16.7. The van der Waals surface area contributed by atoms with Crippen LogP contribution in [0.3, 0.4) is 0 Å². The van der Waals surface area contributed by atoms with Gasteiger partial charge in [-0.15, -0.1) is 0 Å². The van der Waals surface area contributed by atoms with Gasteiger partial charge in [0.15, 0.2) is 0 Å². The Labute approximate surface area is 124 Å². The van der Waals surface area contributed by atoms with Crippen molar-refractivity contribution in [2.24, 2.45) is 0 Å². The molecule has 2 nitrogen and oxygen atoms in total. The lowest BCUT2D eigenvalue weighted by Crippen LogP contribution is -2.11. The van der Waals surface area contributed by atoms with Crippen molar-refractivity contribution < 1.29 is 4.74 Å². The first kappa shape index (κ1) is 15.8. The van der Waals surface area contributed by atoms with Gasteiger partial charge in [0.05, 0.1) is 6.61 Å². The third kappa shape index (κ3) is 4.75. The fourth-order valence-electron chi connectivity index (χ4n) is 1.66. The number of allylic oxidation sites excluding steroid dienone is 6. The molecule has 0 bridgehead atoms. The third-order valence-corrected chi connectivity index (χ3v) is 3.87. The predicted octanol–water partition coefficient (Wildman–Crippen LogP) is 4.93. The molecule has 0 unspecified atom stereocenters. The molecule has 0 aliphatic carbocycles. The van der Waals surface area contributed by atoms with Gasteiger partial charge in [0.1, 0.15) is 5.76 Å². The van der Waals surface area contributed by atoms with Crippen molar-refractivity contribution in [3.05, 3.63) is 58.1 Å². The first-order valence-corrected chi connectivity index (χ1v) is 7.43. The molecule has 0 spiro atoms. The minimum absolute atomic E-state index is 0.687. The van der Waals surface area contributed by atoms with E-state index in [1.165, 1.54) is 5.57 Å². The van der Waals surface area contributed by atoms with Crippen LogP contribution in [0.2, 0.25) is 0 Å². The Morgan fingerprint density at radius 1 is 1.47 bits per heavy atom. The van der Waals surface area contributed by atoms with Gasteiger partial charge in [0.2, 0.25) is 0 Å². The van der Waals surface area contributed by atoms with Crippen molar-refractivity contribution >= 4 is 15.9 Å². The molecule has 3 heteroatoms. The van der Waals surface area contributed by atoms with E-state index in [2.05, 4.69) is 53.8 Å². The average molecular weight is 324 g/mol. The number of dihydropyridines is 1. The Bertz CT molecular complexity index is 455. The molecule has 0 atom stereocenters. The highest BCUT2D eigenvalue weighted by Crippen LogP contribution is 2.28. The molecular formula is C16H22BrNO. The van der Waals surface area contributed by atoms with Crippen LogP contribution in [0, 0.1) is 0 Å². The molecule has 0 fully saturated rings. The maximum absolute atomic E-state index is 5.60. The molecule has 0 aromatic heterocycles. The van der Waals surface area contributed by atoms with E-state index in [1.54, 1.807) is 0 Å². The Morgan fingerprint density at radius 2 is 2.21 bits per heavy atom. The van der Waals surface area contributed by atoms with E-state index >= 15 is 0 Å². The maximum Gasteiger partial charge on any atom is 0.115 e. The minimum atomic E-state index is 0.687. The Morgan fingerprint density at radius 3 is 2.84 bits per heavy atom. The fraction of sp³-hybridized carbons (Fsp3) is 0.375. The van der Waals surface area contributed by atoms with Crippen LogP contribution in [0.5, 0.6) is 0 Å². The average Bonchev–Trinajstić information content (AvgIpc) is 2.41. The highest BCUT2D eigenvalue weighted by molar-refractivity contribution is 9.12. The summed E-state index contributed by atoms with van der Waals surface area (Å²) in [7, 11) is 0. The van der Waals surface area contributed by atoms with Gasteiger partial charge < -0.3 is 10.1 Å². The van der Waals surface area contributed by atoms with Gasteiger partial charge in [-0.1, -0.05) is 19.9 Å². The van der Waals surface area contributed by atoms with Crippen molar-refractivity contribution in [1.82, 2.24) is 5.32 Å². The van der Waals surface area contributed by atoms with Crippen LogP contribution < -0.4 is 5.32 Å². The standard InChI is InChI=1S/C16H22BrNO/c1-5-7-8-15(19-6-2)10-9-14-11-18-13(4)16(17)12(14)3/h8-11,18H,4-7H2,1-3H3/b10-9-,15-8-. The first-order valence-electron chi connectivity index (χ1n) is 6.63. The van der Waals surface area contributed by atoms with Crippen LogP contribution in [0.25, 0.3) is 0 Å². The largest absolute Gasteiger partial charge is 0.494 e. The number of nitrogens with one attached hydrogen (secondary N) is 1. The lowest BCUT2D eigenvalue weighted by atomic mass is 10.0. The van der Waals surface area contributed by atoms with Crippen LogP contribution in [0.15, 0.2) is 58.1 Å². The number of unbranched alkanes of at least 4 members (excludes halogenated alkanes) is 1. The van der Waals surface area contributed by atoms with E-state index in [0.29, 0.717) is 6.61 Å². The molecule has 0 aromatic rings. The molecule has 1 heterocycles. The van der Waals surface area contributed by atoms with Crippen LogP contribution in [0.4, 0.5) is 0 Å². The molecule has 104 valence electrons. The minimum Gasteiger partial charge on any atom is -0.494 e. The first-order chi connectivity index (χ1) is 9.10. The van der Waals surface area contributed by atoms with E-state index in [4.69, 9.17) is 4.74 Å². The van der Waals surface area contributed by atoms with E-state index in [0.717, 1.165) is 34.4 Å². The number of hydrogen-bond acceptors (Lipinski definition) is 2. The van der Waals surface area contributed by atoms with Gasteiger partial charge in [-0.2, -0.15) is 0 Å². The van der Waals surface area contributed by atoms with E-state index in [9.17, 15) is 0 Å². The van der Waals surface area contributed by atoms with Crippen LogP contribution >= 0.6 is 15.9 Å². The summed E-state index contributed by atoms with van der Waals surface area (Å²) >= 11 is 3.54. The molecule has 19 heavy (non-hydrogen) atoms. The predicted molar refractivity (Wildman–Crippen MR) is 85.7 cm³/mol. The monoisotopic (exact) mass is 323 g/mol. The molecule has 0 saturated carbocycles. The highest BCUT2D eigenvalue weighted by atomic mass is 79.9. The Kier molecular flexibility index (Phi) is 6.71. The summed E-state index contributed by atoms with van der Waals surface area (Å²) in [5, 5.41) is 3.14. The second-order valence-electron chi connectivity index (χ2n) is 4.32. The number of halogens is 1. The smallest absolute Gasteiger partial charge is 0.115 e. The van der Waals surface area contributed by atoms with Crippen LogP contribution in [-0.2, 0) is 4.74 Å².